The number of rotatable bonds is 6. The molecule has 2 aromatic rings. The van der Waals surface area contributed by atoms with Gasteiger partial charge in [-0.25, -0.2) is 0 Å². The van der Waals surface area contributed by atoms with Gasteiger partial charge in [0.1, 0.15) is 0 Å². The second-order valence-corrected chi connectivity index (χ2v) is 6.90. The molecule has 5 heteroatoms. The monoisotopic (exact) mass is 466 g/mol. The normalized spacial score (nSPS) is 12.5. The van der Waals surface area contributed by atoms with Crippen LogP contribution >= 0.6 is 24.0 Å². The molecule has 0 aliphatic rings. The molecule has 1 unspecified atom stereocenters. The van der Waals surface area contributed by atoms with Crippen LogP contribution in [0.4, 0.5) is 0 Å². The molecule has 2 N–H and O–H groups in total. The minimum Gasteiger partial charge on any atom is -0.351 e. The highest BCUT2D eigenvalue weighted by Gasteiger charge is 2.09. The molecule has 0 aliphatic heterocycles. The van der Waals surface area contributed by atoms with Crippen molar-refractivity contribution in [2.24, 2.45) is 10.9 Å². The largest absolute Gasteiger partial charge is 0.351 e. The van der Waals surface area contributed by atoms with Crippen molar-refractivity contribution < 1.29 is 0 Å². The number of pyridine rings is 1. The van der Waals surface area contributed by atoms with Crippen molar-refractivity contribution in [2.75, 3.05) is 7.05 Å². The van der Waals surface area contributed by atoms with E-state index < -0.39 is 0 Å². The summed E-state index contributed by atoms with van der Waals surface area (Å²) in [5.41, 5.74) is 4.86. The zero-order chi connectivity index (χ0) is 18.2. The summed E-state index contributed by atoms with van der Waals surface area (Å²) >= 11 is 0. The molecule has 1 aromatic heterocycles. The van der Waals surface area contributed by atoms with Crippen molar-refractivity contribution in [3.05, 3.63) is 65.0 Å². The first-order valence-corrected chi connectivity index (χ1v) is 8.96. The van der Waals surface area contributed by atoms with E-state index in [-0.39, 0.29) is 30.0 Å². The van der Waals surface area contributed by atoms with Gasteiger partial charge in [0.25, 0.3) is 0 Å². The second-order valence-electron chi connectivity index (χ2n) is 6.90. The number of halogens is 1. The summed E-state index contributed by atoms with van der Waals surface area (Å²) in [5.74, 6) is 1.46. The van der Waals surface area contributed by atoms with Crippen LogP contribution < -0.4 is 10.6 Å². The molecule has 0 amide bonds. The van der Waals surface area contributed by atoms with Crippen LogP contribution in [-0.2, 0) is 13.0 Å². The average Bonchev–Trinajstić information content (AvgIpc) is 2.59. The van der Waals surface area contributed by atoms with E-state index >= 15 is 0 Å². The fraction of sp³-hybridized carbons (Fsp3) is 0.429. The lowest BCUT2D eigenvalue weighted by Gasteiger charge is -2.19. The first-order valence-electron chi connectivity index (χ1n) is 8.96. The molecular weight excluding hydrogens is 435 g/mol. The molecule has 2 rings (SSSR count). The zero-order valence-electron chi connectivity index (χ0n) is 16.4. The Bertz CT molecular complexity index is 695. The molecular formula is C21H31IN4. The van der Waals surface area contributed by atoms with Crippen LogP contribution in [0.5, 0.6) is 0 Å². The van der Waals surface area contributed by atoms with E-state index in [9.17, 15) is 0 Å². The Hall–Kier alpha value is -1.63. The molecule has 1 aromatic carbocycles. The first kappa shape index (κ1) is 22.4. The van der Waals surface area contributed by atoms with Gasteiger partial charge in [0.2, 0.25) is 0 Å². The fourth-order valence-corrected chi connectivity index (χ4v) is 2.77. The maximum absolute atomic E-state index is 4.41. The lowest BCUT2D eigenvalue weighted by atomic mass is 10.00. The van der Waals surface area contributed by atoms with Crippen LogP contribution in [0.3, 0.4) is 0 Å². The number of hydrogen-bond donors (Lipinski definition) is 2. The Kier molecular flexibility index (Phi) is 9.62. The summed E-state index contributed by atoms with van der Waals surface area (Å²) in [7, 11) is 1.79. The van der Waals surface area contributed by atoms with Crippen molar-refractivity contribution in [3.8, 4) is 0 Å². The van der Waals surface area contributed by atoms with E-state index in [0.717, 1.165) is 18.1 Å². The van der Waals surface area contributed by atoms with Gasteiger partial charge >= 0.3 is 0 Å². The summed E-state index contributed by atoms with van der Waals surface area (Å²) in [6.07, 6.45) is 2.94. The van der Waals surface area contributed by atoms with Crippen LogP contribution in [0.2, 0.25) is 0 Å². The third kappa shape index (κ3) is 6.94. The molecule has 0 saturated carbocycles. The Morgan fingerprint density at radius 3 is 2.38 bits per heavy atom. The van der Waals surface area contributed by atoms with Gasteiger partial charge in [-0.15, -0.1) is 24.0 Å². The number of benzene rings is 1. The van der Waals surface area contributed by atoms with E-state index in [1.54, 1.807) is 7.05 Å². The molecule has 0 aliphatic carbocycles. The summed E-state index contributed by atoms with van der Waals surface area (Å²) in [4.78, 5) is 8.73. The third-order valence-corrected chi connectivity index (χ3v) is 4.24. The lowest BCUT2D eigenvalue weighted by Crippen LogP contribution is -2.38. The third-order valence-electron chi connectivity index (χ3n) is 4.24. The predicted molar refractivity (Wildman–Crippen MR) is 121 cm³/mol. The Labute approximate surface area is 174 Å². The molecule has 0 fully saturated rings. The molecule has 1 atom stereocenters. The van der Waals surface area contributed by atoms with Crippen molar-refractivity contribution in [3.63, 3.8) is 0 Å². The van der Waals surface area contributed by atoms with Crippen LogP contribution in [0.1, 0.15) is 49.2 Å². The van der Waals surface area contributed by atoms with Gasteiger partial charge in [-0.05, 0) is 48.9 Å². The van der Waals surface area contributed by atoms with Gasteiger partial charge in [-0.1, -0.05) is 44.2 Å². The van der Waals surface area contributed by atoms with Gasteiger partial charge in [0.15, 0.2) is 5.96 Å². The van der Waals surface area contributed by atoms with E-state index in [1.807, 2.05) is 12.3 Å². The average molecular weight is 466 g/mol. The van der Waals surface area contributed by atoms with Gasteiger partial charge in [-0.2, -0.15) is 0 Å². The molecule has 0 spiro atoms. The topological polar surface area (TPSA) is 49.3 Å². The number of nitrogens with zero attached hydrogens (tertiary/aromatic N) is 2. The van der Waals surface area contributed by atoms with E-state index in [4.69, 9.17) is 0 Å². The summed E-state index contributed by atoms with van der Waals surface area (Å²) in [6, 6.07) is 13.1. The molecule has 1 heterocycles. The fourth-order valence-electron chi connectivity index (χ4n) is 2.77. The smallest absolute Gasteiger partial charge is 0.191 e. The van der Waals surface area contributed by atoms with Crippen LogP contribution in [-0.4, -0.2) is 18.0 Å². The molecule has 4 nitrogen and oxygen atoms in total. The van der Waals surface area contributed by atoms with Gasteiger partial charge in [-0.3, -0.25) is 9.98 Å². The van der Waals surface area contributed by atoms with E-state index in [0.29, 0.717) is 12.5 Å². The number of aliphatic imine (C=N–C) groups is 1. The standard InChI is InChI=1S/C21H30N4.HI/c1-15(2)13-18-8-10-19(11-9-18)17(4)25-21(22-5)24-14-20-16(3)7-6-12-23-20;/h6-12,15,17H,13-14H2,1-5H3,(H2,22,24,25);1H. The Morgan fingerprint density at radius 2 is 1.81 bits per heavy atom. The number of nitrogens with one attached hydrogen (secondary N) is 2. The zero-order valence-corrected chi connectivity index (χ0v) is 18.7. The maximum atomic E-state index is 4.41. The SMILES string of the molecule is CN=C(NCc1ncccc1C)NC(C)c1ccc(CC(C)C)cc1.I. The van der Waals surface area contributed by atoms with Gasteiger partial charge in [0, 0.05) is 13.2 Å². The predicted octanol–water partition coefficient (Wildman–Crippen LogP) is 4.63. The highest BCUT2D eigenvalue weighted by molar-refractivity contribution is 14.0. The number of aromatic nitrogens is 1. The Balaban J connectivity index is 0.00000338. The van der Waals surface area contributed by atoms with Crippen molar-refractivity contribution in [1.29, 1.82) is 0 Å². The lowest BCUT2D eigenvalue weighted by molar-refractivity contribution is 0.645. The van der Waals surface area contributed by atoms with E-state index in [2.05, 4.69) is 78.6 Å². The van der Waals surface area contributed by atoms with Crippen molar-refractivity contribution >= 4 is 29.9 Å². The maximum Gasteiger partial charge on any atom is 0.191 e. The summed E-state index contributed by atoms with van der Waals surface area (Å²) < 4.78 is 0. The second kappa shape index (κ2) is 11.2. The number of guanidine groups is 1. The summed E-state index contributed by atoms with van der Waals surface area (Å²) in [5, 5.41) is 6.79. The minimum absolute atomic E-state index is 0. The quantitative estimate of drug-likeness (QED) is 0.371. The minimum atomic E-state index is 0. The van der Waals surface area contributed by atoms with Crippen molar-refractivity contribution in [1.82, 2.24) is 15.6 Å². The summed E-state index contributed by atoms with van der Waals surface area (Å²) in [6.45, 7) is 9.37. The number of aryl methyl sites for hydroxylation is 1. The van der Waals surface area contributed by atoms with Gasteiger partial charge < -0.3 is 10.6 Å². The highest BCUT2D eigenvalue weighted by Crippen LogP contribution is 2.15. The number of hydrogen-bond acceptors (Lipinski definition) is 2. The molecule has 0 radical (unpaired) electrons. The van der Waals surface area contributed by atoms with E-state index in [1.165, 1.54) is 16.7 Å². The Morgan fingerprint density at radius 1 is 1.12 bits per heavy atom. The van der Waals surface area contributed by atoms with Gasteiger partial charge in [0.05, 0.1) is 18.3 Å². The molecule has 26 heavy (non-hydrogen) atoms. The van der Waals surface area contributed by atoms with Crippen LogP contribution in [0, 0.1) is 12.8 Å². The highest BCUT2D eigenvalue weighted by atomic mass is 127. The molecule has 0 saturated heterocycles. The first-order chi connectivity index (χ1) is 12.0. The molecule has 0 bridgehead atoms. The van der Waals surface area contributed by atoms with Crippen LogP contribution in [0.15, 0.2) is 47.6 Å². The van der Waals surface area contributed by atoms with Crippen LogP contribution in [0.25, 0.3) is 0 Å². The molecule has 142 valence electrons. The van der Waals surface area contributed by atoms with Crippen molar-refractivity contribution in [2.45, 2.75) is 46.7 Å².